The first-order valence-electron chi connectivity index (χ1n) is 5.40. The van der Waals surface area contributed by atoms with Gasteiger partial charge in [0.05, 0.1) is 7.11 Å². The molecule has 1 saturated heterocycles. The monoisotopic (exact) mass is 248 g/mol. The molecule has 0 bridgehead atoms. The first-order chi connectivity index (χ1) is 7.45. The Morgan fingerprint density at radius 2 is 2.06 bits per heavy atom. The molecule has 0 amide bonds. The molecule has 1 heterocycles. The lowest BCUT2D eigenvalue weighted by molar-refractivity contribution is -0.146. The van der Waals surface area contributed by atoms with Gasteiger partial charge in [0.2, 0.25) is 0 Å². The van der Waals surface area contributed by atoms with Crippen LogP contribution in [-0.2, 0) is 20.3 Å². The van der Waals surface area contributed by atoms with Gasteiger partial charge in [-0.25, -0.2) is 0 Å². The van der Waals surface area contributed by atoms with Crippen molar-refractivity contribution in [1.29, 1.82) is 0 Å². The van der Waals surface area contributed by atoms with E-state index in [0.717, 1.165) is 31.1 Å². The Kier molecular flexibility index (Phi) is 4.89. The number of carbonyl (C=O) groups excluding carboxylic acids is 1. The van der Waals surface area contributed by atoms with E-state index in [0.29, 0.717) is 6.42 Å². The molecule has 0 spiro atoms. The summed E-state index contributed by atoms with van der Waals surface area (Å²) in [5, 5.41) is 0. The zero-order valence-electron chi connectivity index (χ0n) is 9.90. The molecule has 0 aromatic heterocycles. The van der Waals surface area contributed by atoms with E-state index in [4.69, 9.17) is 5.73 Å². The van der Waals surface area contributed by atoms with Crippen molar-refractivity contribution in [2.45, 2.75) is 18.9 Å². The summed E-state index contributed by atoms with van der Waals surface area (Å²) in [6.07, 6.45) is 0.562. The number of hydrogen-bond acceptors (Lipinski definition) is 5. The smallest absolute Gasteiger partial charge is 0.325 e. The summed E-state index contributed by atoms with van der Waals surface area (Å²) in [5.74, 6) is 1.06. The van der Waals surface area contributed by atoms with Crippen LogP contribution in [0.3, 0.4) is 0 Å². The quantitative estimate of drug-likeness (QED) is 0.668. The van der Waals surface area contributed by atoms with Gasteiger partial charge in [-0.2, -0.15) is 0 Å². The molecule has 0 radical (unpaired) electrons. The Morgan fingerprint density at radius 1 is 1.50 bits per heavy atom. The maximum Gasteiger partial charge on any atom is 0.325 e. The summed E-state index contributed by atoms with van der Waals surface area (Å²) < 4.78 is 15.8. The van der Waals surface area contributed by atoms with E-state index in [9.17, 15) is 9.00 Å². The molecule has 1 rings (SSSR count). The van der Waals surface area contributed by atoms with E-state index in [1.54, 1.807) is 6.92 Å². The van der Waals surface area contributed by atoms with Gasteiger partial charge in [-0.05, 0) is 13.3 Å². The van der Waals surface area contributed by atoms with Crippen LogP contribution in [0.15, 0.2) is 0 Å². The van der Waals surface area contributed by atoms with Gasteiger partial charge in [-0.1, -0.05) is 0 Å². The Balaban J connectivity index is 2.34. The van der Waals surface area contributed by atoms with Crippen molar-refractivity contribution >= 4 is 16.8 Å². The molecule has 6 heteroatoms. The molecule has 94 valence electrons. The van der Waals surface area contributed by atoms with Crippen LogP contribution in [0.5, 0.6) is 0 Å². The molecule has 1 fully saturated rings. The van der Waals surface area contributed by atoms with E-state index in [1.165, 1.54) is 7.11 Å². The standard InChI is InChI=1S/C10H20N2O3S/c1-10(11,9(13)15-2)3-4-12-5-7-16(14)8-6-12/h3-8,11H2,1-2H3. The fourth-order valence-corrected chi connectivity index (χ4v) is 2.75. The Labute approximate surface area is 98.8 Å². The summed E-state index contributed by atoms with van der Waals surface area (Å²) in [6.45, 7) is 4.08. The minimum Gasteiger partial charge on any atom is -0.468 e. The van der Waals surface area contributed by atoms with Gasteiger partial charge in [0.15, 0.2) is 0 Å². The Morgan fingerprint density at radius 3 is 2.56 bits per heavy atom. The normalized spacial score (nSPS) is 22.7. The number of hydrogen-bond donors (Lipinski definition) is 1. The fourth-order valence-electron chi connectivity index (χ4n) is 1.62. The second-order valence-corrected chi connectivity index (χ2v) is 6.04. The predicted octanol–water partition coefficient (Wildman–Crippen LogP) is -0.669. The SMILES string of the molecule is COC(=O)C(C)(N)CCN1CCS(=O)CC1. The van der Waals surface area contributed by atoms with E-state index < -0.39 is 16.3 Å². The Bertz CT molecular complexity index is 271. The highest BCUT2D eigenvalue weighted by atomic mass is 32.2. The van der Waals surface area contributed by atoms with Crippen LogP contribution in [0.25, 0.3) is 0 Å². The summed E-state index contributed by atoms with van der Waals surface area (Å²) >= 11 is 0. The predicted molar refractivity (Wildman–Crippen MR) is 63.5 cm³/mol. The van der Waals surface area contributed by atoms with E-state index in [-0.39, 0.29) is 5.97 Å². The van der Waals surface area contributed by atoms with Crippen LogP contribution in [-0.4, -0.2) is 58.9 Å². The van der Waals surface area contributed by atoms with Crippen LogP contribution in [0.1, 0.15) is 13.3 Å². The van der Waals surface area contributed by atoms with Crippen molar-refractivity contribution in [2.24, 2.45) is 5.73 Å². The lowest BCUT2D eigenvalue weighted by Crippen LogP contribution is -2.49. The molecule has 1 aliphatic heterocycles. The number of carbonyl (C=O) groups is 1. The molecule has 1 aliphatic rings. The maximum atomic E-state index is 11.3. The van der Waals surface area contributed by atoms with Gasteiger partial charge < -0.3 is 15.4 Å². The second-order valence-electron chi connectivity index (χ2n) is 4.35. The van der Waals surface area contributed by atoms with Gasteiger partial charge in [0.1, 0.15) is 5.54 Å². The number of methoxy groups -OCH3 is 1. The third-order valence-electron chi connectivity index (χ3n) is 2.87. The van der Waals surface area contributed by atoms with E-state index in [2.05, 4.69) is 9.64 Å². The van der Waals surface area contributed by atoms with Gasteiger partial charge in [0.25, 0.3) is 0 Å². The van der Waals surface area contributed by atoms with Crippen LogP contribution < -0.4 is 5.73 Å². The molecule has 0 saturated carbocycles. The highest BCUT2D eigenvalue weighted by molar-refractivity contribution is 7.85. The molecule has 0 aliphatic carbocycles. The first-order valence-corrected chi connectivity index (χ1v) is 6.89. The number of nitrogens with two attached hydrogens (primary N) is 1. The van der Waals surface area contributed by atoms with Crippen LogP contribution >= 0.6 is 0 Å². The molecule has 1 unspecified atom stereocenters. The highest BCUT2D eigenvalue weighted by Crippen LogP contribution is 2.10. The van der Waals surface area contributed by atoms with Crippen molar-refractivity contribution in [3.63, 3.8) is 0 Å². The largest absolute Gasteiger partial charge is 0.468 e. The second kappa shape index (κ2) is 5.75. The summed E-state index contributed by atoms with van der Waals surface area (Å²) in [5.41, 5.74) is 4.93. The average Bonchev–Trinajstić information content (AvgIpc) is 2.27. The van der Waals surface area contributed by atoms with Crippen molar-refractivity contribution in [2.75, 3.05) is 38.2 Å². The first kappa shape index (κ1) is 13.6. The summed E-state index contributed by atoms with van der Waals surface area (Å²) in [6, 6.07) is 0. The van der Waals surface area contributed by atoms with E-state index in [1.807, 2.05) is 0 Å². The lowest BCUT2D eigenvalue weighted by atomic mass is 9.99. The number of nitrogens with zero attached hydrogens (tertiary/aromatic N) is 1. The molecular formula is C10H20N2O3S. The molecule has 5 nitrogen and oxygen atoms in total. The molecule has 16 heavy (non-hydrogen) atoms. The molecule has 0 aromatic rings. The molecular weight excluding hydrogens is 228 g/mol. The third-order valence-corrected chi connectivity index (χ3v) is 4.15. The van der Waals surface area contributed by atoms with Crippen LogP contribution in [0, 0.1) is 0 Å². The summed E-state index contributed by atoms with van der Waals surface area (Å²) in [7, 11) is 0.684. The van der Waals surface area contributed by atoms with Crippen molar-refractivity contribution < 1.29 is 13.7 Å². The zero-order valence-corrected chi connectivity index (χ0v) is 10.7. The van der Waals surface area contributed by atoms with Gasteiger partial charge in [0, 0.05) is 41.9 Å². The molecule has 2 N–H and O–H groups in total. The van der Waals surface area contributed by atoms with Gasteiger partial charge in [-0.3, -0.25) is 9.00 Å². The van der Waals surface area contributed by atoms with Crippen molar-refractivity contribution in [3.05, 3.63) is 0 Å². The minimum atomic E-state index is -0.925. The molecule has 1 atom stereocenters. The lowest BCUT2D eigenvalue weighted by Gasteiger charge is -2.29. The summed E-state index contributed by atoms with van der Waals surface area (Å²) in [4.78, 5) is 13.5. The zero-order chi connectivity index (χ0) is 12.2. The van der Waals surface area contributed by atoms with Gasteiger partial charge >= 0.3 is 5.97 Å². The third kappa shape index (κ3) is 3.84. The van der Waals surface area contributed by atoms with Crippen LogP contribution in [0.4, 0.5) is 0 Å². The number of rotatable bonds is 4. The van der Waals surface area contributed by atoms with Crippen molar-refractivity contribution in [3.8, 4) is 0 Å². The average molecular weight is 248 g/mol. The number of esters is 1. The topological polar surface area (TPSA) is 72.6 Å². The van der Waals surface area contributed by atoms with E-state index >= 15 is 0 Å². The Hall–Kier alpha value is -0.460. The van der Waals surface area contributed by atoms with Crippen molar-refractivity contribution in [1.82, 2.24) is 4.90 Å². The van der Waals surface area contributed by atoms with Crippen LogP contribution in [0.2, 0.25) is 0 Å². The number of ether oxygens (including phenoxy) is 1. The van der Waals surface area contributed by atoms with Gasteiger partial charge in [-0.15, -0.1) is 0 Å². The molecule has 0 aromatic carbocycles. The highest BCUT2D eigenvalue weighted by Gasteiger charge is 2.30. The maximum absolute atomic E-state index is 11.3. The minimum absolute atomic E-state index is 0.381. The fraction of sp³-hybridized carbons (Fsp3) is 0.900.